The van der Waals surface area contributed by atoms with E-state index >= 15 is 0 Å². The van der Waals surface area contributed by atoms with E-state index in [2.05, 4.69) is 28.2 Å². The monoisotopic (exact) mass is 287 g/mol. The largest absolute Gasteiger partial charge is 0.352 e. The molecule has 0 saturated heterocycles. The molecule has 0 aromatic heterocycles. The fraction of sp³-hybridized carbons (Fsp3) is 0.417. The highest BCUT2D eigenvalue weighted by Gasteiger charge is 2.10. The molecule has 88 valence electrons. The maximum Gasteiger partial charge on any atom is 0.254 e. The number of carbonyl (C=O) groups is 1. The predicted molar refractivity (Wildman–Crippen MR) is 66.0 cm³/mol. The Hall–Kier alpha value is -0.900. The Labute approximate surface area is 103 Å². The van der Waals surface area contributed by atoms with Gasteiger partial charge in [0.2, 0.25) is 0 Å². The van der Waals surface area contributed by atoms with Crippen molar-refractivity contribution in [2.75, 3.05) is 6.54 Å². The van der Waals surface area contributed by atoms with Crippen molar-refractivity contribution < 1.29 is 9.18 Å². The first kappa shape index (κ1) is 13.2. The third-order valence-electron chi connectivity index (χ3n) is 2.24. The molecule has 0 heterocycles. The van der Waals surface area contributed by atoms with Gasteiger partial charge in [0.15, 0.2) is 0 Å². The topological polar surface area (TPSA) is 29.1 Å². The number of carbonyl (C=O) groups excluding carboxylic acids is 1. The number of benzene rings is 1. The van der Waals surface area contributed by atoms with Crippen LogP contribution in [0.2, 0.25) is 0 Å². The Morgan fingerprint density at radius 3 is 2.81 bits per heavy atom. The maximum absolute atomic E-state index is 13.4. The molecule has 0 spiro atoms. The smallest absolute Gasteiger partial charge is 0.254 e. The van der Waals surface area contributed by atoms with E-state index in [1.807, 2.05) is 0 Å². The molecule has 0 unspecified atom stereocenters. The lowest BCUT2D eigenvalue weighted by molar-refractivity contribution is 0.0949. The molecule has 4 heteroatoms. The molecule has 1 N–H and O–H groups in total. The first-order valence-corrected chi connectivity index (χ1v) is 6.17. The van der Waals surface area contributed by atoms with Crippen molar-refractivity contribution in [1.82, 2.24) is 5.32 Å². The van der Waals surface area contributed by atoms with Crippen LogP contribution in [0.1, 0.15) is 36.5 Å². The highest BCUT2D eigenvalue weighted by Crippen LogP contribution is 2.15. The first-order chi connectivity index (χ1) is 7.65. The van der Waals surface area contributed by atoms with Crippen LogP contribution in [0.4, 0.5) is 4.39 Å². The highest BCUT2D eigenvalue weighted by atomic mass is 79.9. The molecular weight excluding hydrogens is 273 g/mol. The minimum atomic E-state index is -0.498. The fourth-order valence-corrected chi connectivity index (χ4v) is 1.68. The molecule has 0 aliphatic rings. The molecule has 1 aromatic rings. The summed E-state index contributed by atoms with van der Waals surface area (Å²) in [5.41, 5.74) is 0.0969. The second-order valence-corrected chi connectivity index (χ2v) is 4.50. The summed E-state index contributed by atoms with van der Waals surface area (Å²) in [6.45, 7) is 2.69. The van der Waals surface area contributed by atoms with Crippen molar-refractivity contribution in [1.29, 1.82) is 0 Å². The van der Waals surface area contributed by atoms with Gasteiger partial charge in [-0.15, -0.1) is 0 Å². The van der Waals surface area contributed by atoms with Gasteiger partial charge in [-0.3, -0.25) is 4.79 Å². The summed E-state index contributed by atoms with van der Waals surface area (Å²) in [6.07, 6.45) is 3.10. The van der Waals surface area contributed by atoms with Crippen molar-refractivity contribution in [2.24, 2.45) is 0 Å². The van der Waals surface area contributed by atoms with Gasteiger partial charge in [-0.05, 0) is 24.6 Å². The van der Waals surface area contributed by atoms with E-state index in [9.17, 15) is 9.18 Å². The lowest BCUT2D eigenvalue weighted by atomic mass is 10.2. The van der Waals surface area contributed by atoms with Gasteiger partial charge in [-0.25, -0.2) is 4.39 Å². The second kappa shape index (κ2) is 6.63. The van der Waals surface area contributed by atoms with Gasteiger partial charge < -0.3 is 5.32 Å². The van der Waals surface area contributed by atoms with Crippen molar-refractivity contribution in [3.05, 3.63) is 34.1 Å². The molecule has 0 saturated carbocycles. The molecule has 1 aromatic carbocycles. The molecule has 0 radical (unpaired) electrons. The highest BCUT2D eigenvalue weighted by molar-refractivity contribution is 9.10. The molecule has 0 fully saturated rings. The number of hydrogen-bond donors (Lipinski definition) is 1. The standard InChI is InChI=1S/C12H15BrFNO/c1-2-3-4-7-15-12(16)10-6-5-9(13)8-11(10)14/h5-6,8H,2-4,7H2,1H3,(H,15,16). The number of rotatable bonds is 5. The number of amides is 1. The summed E-state index contributed by atoms with van der Waals surface area (Å²) in [5, 5.41) is 2.70. The zero-order chi connectivity index (χ0) is 12.0. The minimum absolute atomic E-state index is 0.0969. The van der Waals surface area contributed by atoms with Gasteiger partial charge in [0, 0.05) is 11.0 Å². The molecule has 1 amide bonds. The van der Waals surface area contributed by atoms with Gasteiger partial charge >= 0.3 is 0 Å². The average Bonchev–Trinajstić information content (AvgIpc) is 2.24. The van der Waals surface area contributed by atoms with E-state index in [-0.39, 0.29) is 11.5 Å². The number of hydrogen-bond acceptors (Lipinski definition) is 1. The van der Waals surface area contributed by atoms with Crippen molar-refractivity contribution in [2.45, 2.75) is 26.2 Å². The van der Waals surface area contributed by atoms with E-state index in [0.717, 1.165) is 19.3 Å². The lowest BCUT2D eigenvalue weighted by Gasteiger charge is -2.05. The third kappa shape index (κ3) is 3.93. The van der Waals surface area contributed by atoms with Crippen LogP contribution < -0.4 is 5.32 Å². The first-order valence-electron chi connectivity index (χ1n) is 5.38. The van der Waals surface area contributed by atoms with Gasteiger partial charge in [0.1, 0.15) is 5.82 Å². The Kier molecular flexibility index (Phi) is 5.46. The van der Waals surface area contributed by atoms with Crippen LogP contribution in [0.15, 0.2) is 22.7 Å². The Morgan fingerprint density at radius 2 is 2.19 bits per heavy atom. The van der Waals surface area contributed by atoms with E-state index in [4.69, 9.17) is 0 Å². The van der Waals surface area contributed by atoms with Crippen LogP contribution in [0.25, 0.3) is 0 Å². The summed E-state index contributed by atoms with van der Waals surface area (Å²) in [4.78, 5) is 11.6. The van der Waals surface area contributed by atoms with E-state index in [0.29, 0.717) is 11.0 Å². The number of unbranched alkanes of at least 4 members (excludes halogenated alkanes) is 2. The Bertz CT molecular complexity index is 368. The molecule has 0 bridgehead atoms. The molecule has 0 aliphatic heterocycles. The maximum atomic E-state index is 13.4. The van der Waals surface area contributed by atoms with Crippen LogP contribution in [-0.2, 0) is 0 Å². The summed E-state index contributed by atoms with van der Waals surface area (Å²) >= 11 is 3.15. The molecular formula is C12H15BrFNO. The Morgan fingerprint density at radius 1 is 1.44 bits per heavy atom. The lowest BCUT2D eigenvalue weighted by Crippen LogP contribution is -2.25. The van der Waals surface area contributed by atoms with Crippen LogP contribution >= 0.6 is 15.9 Å². The predicted octanol–water partition coefficient (Wildman–Crippen LogP) is 3.51. The van der Waals surface area contributed by atoms with Gasteiger partial charge in [-0.1, -0.05) is 35.7 Å². The van der Waals surface area contributed by atoms with Crippen LogP contribution in [-0.4, -0.2) is 12.5 Å². The van der Waals surface area contributed by atoms with Crippen molar-refractivity contribution in [3.63, 3.8) is 0 Å². The average molecular weight is 288 g/mol. The minimum Gasteiger partial charge on any atom is -0.352 e. The third-order valence-corrected chi connectivity index (χ3v) is 2.73. The Balaban J connectivity index is 2.53. The van der Waals surface area contributed by atoms with Gasteiger partial charge in [-0.2, -0.15) is 0 Å². The molecule has 0 aliphatic carbocycles. The van der Waals surface area contributed by atoms with Crippen LogP contribution in [0.5, 0.6) is 0 Å². The normalized spacial score (nSPS) is 10.2. The number of nitrogens with one attached hydrogen (secondary N) is 1. The summed E-state index contributed by atoms with van der Waals surface area (Å²) in [7, 11) is 0. The summed E-state index contributed by atoms with van der Waals surface area (Å²) in [5.74, 6) is -0.844. The van der Waals surface area contributed by atoms with E-state index in [1.165, 1.54) is 12.1 Å². The fourth-order valence-electron chi connectivity index (χ4n) is 1.35. The van der Waals surface area contributed by atoms with E-state index in [1.54, 1.807) is 6.07 Å². The zero-order valence-corrected chi connectivity index (χ0v) is 10.8. The van der Waals surface area contributed by atoms with Gasteiger partial charge in [0.05, 0.1) is 5.56 Å². The van der Waals surface area contributed by atoms with Gasteiger partial charge in [0.25, 0.3) is 5.91 Å². The molecule has 0 atom stereocenters. The molecule has 1 rings (SSSR count). The summed E-state index contributed by atoms with van der Waals surface area (Å²) < 4.78 is 14.0. The van der Waals surface area contributed by atoms with Crippen LogP contribution in [0.3, 0.4) is 0 Å². The molecule has 2 nitrogen and oxygen atoms in total. The zero-order valence-electron chi connectivity index (χ0n) is 9.22. The SMILES string of the molecule is CCCCCNC(=O)c1ccc(Br)cc1F. The molecule has 16 heavy (non-hydrogen) atoms. The van der Waals surface area contributed by atoms with E-state index < -0.39 is 5.82 Å². The van der Waals surface area contributed by atoms with Crippen molar-refractivity contribution >= 4 is 21.8 Å². The van der Waals surface area contributed by atoms with Crippen molar-refractivity contribution in [3.8, 4) is 0 Å². The quantitative estimate of drug-likeness (QED) is 0.825. The summed E-state index contributed by atoms with van der Waals surface area (Å²) in [6, 6.07) is 4.43. The second-order valence-electron chi connectivity index (χ2n) is 3.59. The van der Waals surface area contributed by atoms with Crippen LogP contribution in [0, 0.1) is 5.82 Å². The number of halogens is 2.